The Morgan fingerprint density at radius 3 is 2.77 bits per heavy atom. The van der Waals surface area contributed by atoms with Crippen LogP contribution in [0, 0.1) is 11.8 Å². The summed E-state index contributed by atoms with van der Waals surface area (Å²) >= 11 is 0. The fraction of sp³-hybridized carbons (Fsp3) is 0.900. The summed E-state index contributed by atoms with van der Waals surface area (Å²) in [5.41, 5.74) is 5.52. The third kappa shape index (κ3) is 2.44. The molecule has 2 atom stereocenters. The highest BCUT2D eigenvalue weighted by molar-refractivity contribution is 5.76. The SMILES string of the molecule is CCC(=O)N1C[C@@H](CCN)[C@H](C)C1. The van der Waals surface area contributed by atoms with Gasteiger partial charge in [-0.05, 0) is 24.8 Å². The smallest absolute Gasteiger partial charge is 0.222 e. The molecule has 1 aliphatic heterocycles. The van der Waals surface area contributed by atoms with Crippen molar-refractivity contribution in [2.24, 2.45) is 17.6 Å². The van der Waals surface area contributed by atoms with E-state index in [-0.39, 0.29) is 5.91 Å². The molecule has 0 spiro atoms. The molecule has 1 fully saturated rings. The average Bonchev–Trinajstić information content (AvgIpc) is 2.47. The van der Waals surface area contributed by atoms with Gasteiger partial charge in [-0.25, -0.2) is 0 Å². The molecule has 1 amide bonds. The predicted octanol–water partition coefficient (Wildman–Crippen LogP) is 0.840. The minimum Gasteiger partial charge on any atom is -0.342 e. The maximum absolute atomic E-state index is 11.4. The Bertz CT molecular complexity index is 182. The number of amides is 1. The van der Waals surface area contributed by atoms with E-state index >= 15 is 0 Å². The molecule has 0 radical (unpaired) electrons. The van der Waals surface area contributed by atoms with Crippen LogP contribution in [0.5, 0.6) is 0 Å². The Kier molecular flexibility index (Phi) is 3.72. The van der Waals surface area contributed by atoms with Crippen molar-refractivity contribution in [3.05, 3.63) is 0 Å². The molecule has 2 N–H and O–H groups in total. The maximum atomic E-state index is 11.4. The molecule has 0 aromatic heterocycles. The van der Waals surface area contributed by atoms with Gasteiger partial charge in [0.05, 0.1) is 0 Å². The molecular weight excluding hydrogens is 164 g/mol. The number of nitrogens with two attached hydrogens (primary N) is 1. The number of carbonyl (C=O) groups is 1. The van der Waals surface area contributed by atoms with E-state index in [9.17, 15) is 4.79 Å². The molecular formula is C10H20N2O. The normalized spacial score (nSPS) is 28.1. The third-order valence-electron chi connectivity index (χ3n) is 2.96. The number of nitrogens with zero attached hydrogens (tertiary/aromatic N) is 1. The number of likely N-dealkylation sites (tertiary alicyclic amines) is 1. The highest BCUT2D eigenvalue weighted by Gasteiger charge is 2.30. The van der Waals surface area contributed by atoms with Crippen molar-refractivity contribution in [3.8, 4) is 0 Å². The zero-order valence-electron chi connectivity index (χ0n) is 8.62. The maximum Gasteiger partial charge on any atom is 0.222 e. The molecule has 0 aromatic carbocycles. The first-order valence-electron chi connectivity index (χ1n) is 5.16. The first-order chi connectivity index (χ1) is 6.19. The molecule has 3 heteroatoms. The lowest BCUT2D eigenvalue weighted by Crippen LogP contribution is -2.28. The molecule has 0 saturated carbocycles. The minimum absolute atomic E-state index is 0.284. The van der Waals surface area contributed by atoms with Crippen LogP contribution in [0.3, 0.4) is 0 Å². The summed E-state index contributed by atoms with van der Waals surface area (Å²) in [6, 6.07) is 0. The summed E-state index contributed by atoms with van der Waals surface area (Å²) in [6.07, 6.45) is 1.68. The van der Waals surface area contributed by atoms with Crippen molar-refractivity contribution in [2.45, 2.75) is 26.7 Å². The lowest BCUT2D eigenvalue weighted by atomic mass is 9.95. The highest BCUT2D eigenvalue weighted by Crippen LogP contribution is 2.25. The summed E-state index contributed by atoms with van der Waals surface area (Å²) < 4.78 is 0. The second-order valence-electron chi connectivity index (χ2n) is 3.97. The van der Waals surface area contributed by atoms with Gasteiger partial charge in [-0.2, -0.15) is 0 Å². The number of hydrogen-bond acceptors (Lipinski definition) is 2. The molecule has 1 saturated heterocycles. The van der Waals surface area contributed by atoms with Gasteiger partial charge in [-0.15, -0.1) is 0 Å². The van der Waals surface area contributed by atoms with Crippen LogP contribution < -0.4 is 5.73 Å². The first-order valence-corrected chi connectivity index (χ1v) is 5.16. The summed E-state index contributed by atoms with van der Waals surface area (Å²) in [5.74, 6) is 1.53. The van der Waals surface area contributed by atoms with Crippen molar-refractivity contribution >= 4 is 5.91 Å². The Morgan fingerprint density at radius 2 is 2.23 bits per heavy atom. The zero-order chi connectivity index (χ0) is 9.84. The van der Waals surface area contributed by atoms with Gasteiger partial charge >= 0.3 is 0 Å². The summed E-state index contributed by atoms with van der Waals surface area (Å²) in [5, 5.41) is 0. The van der Waals surface area contributed by atoms with Crippen molar-refractivity contribution < 1.29 is 4.79 Å². The van der Waals surface area contributed by atoms with Crippen molar-refractivity contribution in [3.63, 3.8) is 0 Å². The molecule has 3 nitrogen and oxygen atoms in total. The predicted molar refractivity (Wildman–Crippen MR) is 53.2 cm³/mol. The standard InChI is InChI=1S/C10H20N2O/c1-3-10(13)12-6-8(2)9(7-12)4-5-11/h8-9H,3-7,11H2,1-2H3/t8-,9-/m1/s1. The fourth-order valence-electron chi connectivity index (χ4n) is 2.05. The first kappa shape index (κ1) is 10.5. The molecule has 0 aliphatic carbocycles. The van der Waals surface area contributed by atoms with Crippen LogP contribution in [-0.2, 0) is 4.79 Å². The van der Waals surface area contributed by atoms with Crippen LogP contribution in [0.1, 0.15) is 26.7 Å². The van der Waals surface area contributed by atoms with E-state index in [4.69, 9.17) is 5.73 Å². The molecule has 0 bridgehead atoms. The van der Waals surface area contributed by atoms with E-state index in [2.05, 4.69) is 6.92 Å². The number of carbonyl (C=O) groups excluding carboxylic acids is 1. The van der Waals surface area contributed by atoms with Gasteiger partial charge in [0.25, 0.3) is 0 Å². The van der Waals surface area contributed by atoms with E-state index in [1.165, 1.54) is 0 Å². The molecule has 0 unspecified atom stereocenters. The molecule has 1 rings (SSSR count). The van der Waals surface area contributed by atoms with Gasteiger partial charge in [0.15, 0.2) is 0 Å². The van der Waals surface area contributed by atoms with Crippen LogP contribution >= 0.6 is 0 Å². The molecule has 0 aromatic rings. The van der Waals surface area contributed by atoms with Gasteiger partial charge in [0.1, 0.15) is 0 Å². The summed E-state index contributed by atoms with van der Waals surface area (Å²) in [7, 11) is 0. The van der Waals surface area contributed by atoms with Crippen LogP contribution in [-0.4, -0.2) is 30.4 Å². The van der Waals surface area contributed by atoms with E-state index in [0.717, 1.165) is 26.1 Å². The van der Waals surface area contributed by atoms with Gasteiger partial charge in [0, 0.05) is 19.5 Å². The van der Waals surface area contributed by atoms with Crippen LogP contribution in [0.25, 0.3) is 0 Å². The van der Waals surface area contributed by atoms with Crippen molar-refractivity contribution in [1.82, 2.24) is 4.90 Å². The van der Waals surface area contributed by atoms with Crippen LogP contribution in [0.4, 0.5) is 0 Å². The third-order valence-corrected chi connectivity index (χ3v) is 2.96. The van der Waals surface area contributed by atoms with Gasteiger partial charge in [-0.3, -0.25) is 4.79 Å². The van der Waals surface area contributed by atoms with E-state index in [1.807, 2.05) is 11.8 Å². The lowest BCUT2D eigenvalue weighted by molar-refractivity contribution is -0.130. The Hall–Kier alpha value is -0.570. The van der Waals surface area contributed by atoms with Gasteiger partial charge in [-0.1, -0.05) is 13.8 Å². The quantitative estimate of drug-likeness (QED) is 0.706. The number of rotatable bonds is 3. The average molecular weight is 184 g/mol. The molecule has 13 heavy (non-hydrogen) atoms. The summed E-state index contributed by atoms with van der Waals surface area (Å²) in [4.78, 5) is 13.4. The second-order valence-corrected chi connectivity index (χ2v) is 3.97. The van der Waals surface area contributed by atoms with Crippen molar-refractivity contribution in [2.75, 3.05) is 19.6 Å². The Labute approximate surface area is 80.3 Å². The second kappa shape index (κ2) is 4.61. The van der Waals surface area contributed by atoms with Gasteiger partial charge < -0.3 is 10.6 Å². The van der Waals surface area contributed by atoms with Crippen molar-refractivity contribution in [1.29, 1.82) is 0 Å². The molecule has 1 heterocycles. The molecule has 76 valence electrons. The lowest BCUT2D eigenvalue weighted by Gasteiger charge is -2.14. The Balaban J connectivity index is 2.44. The topological polar surface area (TPSA) is 46.3 Å². The zero-order valence-corrected chi connectivity index (χ0v) is 8.62. The summed E-state index contributed by atoms with van der Waals surface area (Å²) in [6.45, 7) is 6.72. The minimum atomic E-state index is 0.284. The van der Waals surface area contributed by atoms with E-state index in [0.29, 0.717) is 18.3 Å². The van der Waals surface area contributed by atoms with Gasteiger partial charge in [0.2, 0.25) is 5.91 Å². The Morgan fingerprint density at radius 1 is 1.54 bits per heavy atom. The van der Waals surface area contributed by atoms with Crippen LogP contribution in [0.2, 0.25) is 0 Å². The highest BCUT2D eigenvalue weighted by atomic mass is 16.2. The van der Waals surface area contributed by atoms with E-state index < -0.39 is 0 Å². The fourth-order valence-corrected chi connectivity index (χ4v) is 2.05. The monoisotopic (exact) mass is 184 g/mol. The van der Waals surface area contributed by atoms with Crippen LogP contribution in [0.15, 0.2) is 0 Å². The largest absolute Gasteiger partial charge is 0.342 e. The molecule has 1 aliphatic rings. The van der Waals surface area contributed by atoms with E-state index in [1.54, 1.807) is 0 Å². The number of hydrogen-bond donors (Lipinski definition) is 1.